The van der Waals surface area contributed by atoms with Gasteiger partial charge in [-0.1, -0.05) is 12.1 Å². The molecule has 0 saturated heterocycles. The highest BCUT2D eigenvalue weighted by molar-refractivity contribution is 5.92. The van der Waals surface area contributed by atoms with Crippen molar-refractivity contribution < 1.29 is 36.6 Å². The molecule has 1 fully saturated rings. The van der Waals surface area contributed by atoms with E-state index in [4.69, 9.17) is 9.47 Å². The second-order valence-electron chi connectivity index (χ2n) is 8.47. The molecule has 0 radical (unpaired) electrons. The van der Waals surface area contributed by atoms with Gasteiger partial charge in [0.25, 0.3) is 5.91 Å². The first-order valence-corrected chi connectivity index (χ1v) is 11.2. The van der Waals surface area contributed by atoms with E-state index in [1.54, 1.807) is 31.3 Å². The molecule has 0 bridgehead atoms. The number of rotatable bonds is 9. The summed E-state index contributed by atoms with van der Waals surface area (Å²) in [6.07, 6.45) is -3.07. The standard InChI is InChI=1S/C25H25F4N3O4/c1-31-20(12-19(30-31)15-7-8-15)24(33)32(13-16-9-10-18(34-2)11-22(16)35-3)14-17-5-4-6-21(23(17)26)36-25(27,28)29/h4-6,9-12,15H,7-8,13-14H2,1-3H3. The van der Waals surface area contributed by atoms with Crippen molar-refractivity contribution in [3.8, 4) is 17.2 Å². The lowest BCUT2D eigenvalue weighted by molar-refractivity contribution is -0.275. The SMILES string of the molecule is COc1ccc(CN(Cc2cccc(OC(F)(F)F)c2F)C(=O)c2cc(C3CC3)nn2C)c(OC)c1. The molecule has 0 unspecified atom stereocenters. The Hall–Kier alpha value is -3.76. The van der Waals surface area contributed by atoms with Crippen molar-refractivity contribution in [3.63, 3.8) is 0 Å². The Bertz CT molecular complexity index is 1250. The third kappa shape index (κ3) is 5.72. The summed E-state index contributed by atoms with van der Waals surface area (Å²) < 4.78 is 69.1. The van der Waals surface area contributed by atoms with Gasteiger partial charge in [-0.15, -0.1) is 13.2 Å². The number of benzene rings is 2. The van der Waals surface area contributed by atoms with E-state index in [1.165, 1.54) is 35.9 Å². The van der Waals surface area contributed by atoms with E-state index >= 15 is 0 Å². The monoisotopic (exact) mass is 507 g/mol. The van der Waals surface area contributed by atoms with Crippen molar-refractivity contribution >= 4 is 5.91 Å². The van der Waals surface area contributed by atoms with Crippen LogP contribution in [0.3, 0.4) is 0 Å². The zero-order chi connectivity index (χ0) is 26.0. The van der Waals surface area contributed by atoms with E-state index in [2.05, 4.69) is 9.84 Å². The minimum absolute atomic E-state index is 0.0141. The van der Waals surface area contributed by atoms with Crippen LogP contribution in [0.4, 0.5) is 17.6 Å². The average Bonchev–Trinajstić information content (AvgIpc) is 3.61. The van der Waals surface area contributed by atoms with E-state index in [-0.39, 0.29) is 24.3 Å². The molecule has 192 valence electrons. The molecule has 2 aromatic carbocycles. The minimum atomic E-state index is -5.06. The van der Waals surface area contributed by atoms with E-state index in [0.717, 1.165) is 24.6 Å². The van der Waals surface area contributed by atoms with Crippen LogP contribution in [-0.4, -0.2) is 41.2 Å². The molecule has 36 heavy (non-hydrogen) atoms. The molecule has 1 heterocycles. The number of nitrogens with zero attached hydrogens (tertiary/aromatic N) is 3. The van der Waals surface area contributed by atoms with Crippen molar-refractivity contribution in [2.45, 2.75) is 38.2 Å². The maximum Gasteiger partial charge on any atom is 0.573 e. The van der Waals surface area contributed by atoms with Gasteiger partial charge in [-0.25, -0.2) is 4.39 Å². The maximum atomic E-state index is 15.0. The van der Waals surface area contributed by atoms with E-state index in [0.29, 0.717) is 23.0 Å². The second-order valence-corrected chi connectivity index (χ2v) is 8.47. The predicted octanol–water partition coefficient (Wildman–Crippen LogP) is 5.20. The Morgan fingerprint density at radius 1 is 1.06 bits per heavy atom. The fraction of sp³-hybridized carbons (Fsp3) is 0.360. The summed E-state index contributed by atoms with van der Waals surface area (Å²) in [4.78, 5) is 15.0. The summed E-state index contributed by atoms with van der Waals surface area (Å²) in [5, 5.41) is 4.43. The normalized spacial score (nSPS) is 13.4. The van der Waals surface area contributed by atoms with Crippen LogP contribution < -0.4 is 14.2 Å². The molecule has 4 rings (SSSR count). The lowest BCUT2D eigenvalue weighted by atomic mass is 10.1. The van der Waals surface area contributed by atoms with Gasteiger partial charge in [0.2, 0.25) is 0 Å². The Balaban J connectivity index is 1.70. The summed E-state index contributed by atoms with van der Waals surface area (Å²) in [5.74, 6) is -1.34. The fourth-order valence-electron chi connectivity index (χ4n) is 3.91. The highest BCUT2D eigenvalue weighted by Crippen LogP contribution is 2.39. The average molecular weight is 507 g/mol. The van der Waals surface area contributed by atoms with E-state index in [9.17, 15) is 22.4 Å². The van der Waals surface area contributed by atoms with Crippen LogP contribution >= 0.6 is 0 Å². The quantitative estimate of drug-likeness (QED) is 0.373. The number of hydrogen-bond acceptors (Lipinski definition) is 5. The van der Waals surface area contributed by atoms with Gasteiger partial charge < -0.3 is 19.1 Å². The van der Waals surface area contributed by atoms with Crippen LogP contribution in [0, 0.1) is 5.82 Å². The minimum Gasteiger partial charge on any atom is -0.497 e. The van der Waals surface area contributed by atoms with Crippen LogP contribution in [0.15, 0.2) is 42.5 Å². The first-order valence-electron chi connectivity index (χ1n) is 11.2. The fourth-order valence-corrected chi connectivity index (χ4v) is 3.91. The molecule has 11 heteroatoms. The summed E-state index contributed by atoms with van der Waals surface area (Å²) >= 11 is 0. The molecular weight excluding hydrogens is 482 g/mol. The molecule has 1 amide bonds. The van der Waals surface area contributed by atoms with Crippen molar-refractivity contribution in [1.29, 1.82) is 0 Å². The zero-order valence-corrected chi connectivity index (χ0v) is 19.9. The molecule has 1 aromatic heterocycles. The Kier molecular flexibility index (Phi) is 7.09. The zero-order valence-electron chi connectivity index (χ0n) is 19.9. The van der Waals surface area contributed by atoms with Crippen molar-refractivity contribution in [2.75, 3.05) is 14.2 Å². The number of aromatic nitrogens is 2. The largest absolute Gasteiger partial charge is 0.573 e. The highest BCUT2D eigenvalue weighted by atomic mass is 19.4. The molecule has 0 atom stereocenters. The lowest BCUT2D eigenvalue weighted by Crippen LogP contribution is -2.32. The van der Waals surface area contributed by atoms with Crippen molar-refractivity contribution in [1.82, 2.24) is 14.7 Å². The Labute approximate surface area is 205 Å². The van der Waals surface area contributed by atoms with Gasteiger partial charge in [-0.2, -0.15) is 5.10 Å². The third-order valence-electron chi connectivity index (χ3n) is 5.89. The number of carbonyl (C=O) groups is 1. The molecule has 0 N–H and O–H groups in total. The number of amides is 1. The molecule has 0 aliphatic heterocycles. The number of ether oxygens (including phenoxy) is 3. The maximum absolute atomic E-state index is 15.0. The Morgan fingerprint density at radius 3 is 2.42 bits per heavy atom. The summed E-state index contributed by atoms with van der Waals surface area (Å²) in [6, 6.07) is 10.2. The van der Waals surface area contributed by atoms with Gasteiger partial charge >= 0.3 is 6.36 Å². The molecule has 1 aliphatic carbocycles. The van der Waals surface area contributed by atoms with Crippen LogP contribution in [0.25, 0.3) is 0 Å². The first kappa shape index (κ1) is 25.3. The number of hydrogen-bond donors (Lipinski definition) is 0. The number of carbonyl (C=O) groups excluding carboxylic acids is 1. The van der Waals surface area contributed by atoms with Crippen LogP contribution in [0.5, 0.6) is 17.2 Å². The molecule has 0 spiro atoms. The van der Waals surface area contributed by atoms with E-state index < -0.39 is 23.8 Å². The van der Waals surface area contributed by atoms with Crippen LogP contribution in [0.2, 0.25) is 0 Å². The molecule has 3 aromatic rings. The molecule has 1 saturated carbocycles. The van der Waals surface area contributed by atoms with Gasteiger partial charge in [-0.3, -0.25) is 9.48 Å². The van der Waals surface area contributed by atoms with Crippen molar-refractivity contribution in [3.05, 3.63) is 70.8 Å². The molecular formula is C25H25F4N3O4. The van der Waals surface area contributed by atoms with Gasteiger partial charge in [-0.05, 0) is 37.1 Å². The highest BCUT2D eigenvalue weighted by Gasteiger charge is 2.33. The summed E-state index contributed by atoms with van der Waals surface area (Å²) in [5.41, 5.74) is 1.54. The third-order valence-corrected chi connectivity index (χ3v) is 5.89. The van der Waals surface area contributed by atoms with Gasteiger partial charge in [0.05, 0.1) is 26.5 Å². The predicted molar refractivity (Wildman–Crippen MR) is 121 cm³/mol. The van der Waals surface area contributed by atoms with Crippen LogP contribution in [0.1, 0.15) is 46.1 Å². The van der Waals surface area contributed by atoms with Gasteiger partial charge in [0, 0.05) is 36.7 Å². The smallest absolute Gasteiger partial charge is 0.497 e. The number of halogens is 4. The van der Waals surface area contributed by atoms with Crippen molar-refractivity contribution in [2.24, 2.45) is 7.05 Å². The Morgan fingerprint density at radius 2 is 1.78 bits per heavy atom. The molecule has 7 nitrogen and oxygen atoms in total. The molecule has 1 aliphatic rings. The summed E-state index contributed by atoms with van der Waals surface area (Å²) in [7, 11) is 4.61. The summed E-state index contributed by atoms with van der Waals surface area (Å²) in [6.45, 7) is -0.335. The van der Waals surface area contributed by atoms with Gasteiger partial charge in [0.1, 0.15) is 17.2 Å². The topological polar surface area (TPSA) is 65.8 Å². The van der Waals surface area contributed by atoms with E-state index in [1.807, 2.05) is 0 Å². The number of methoxy groups -OCH3 is 2. The first-order chi connectivity index (χ1) is 17.1. The number of alkyl halides is 3. The lowest BCUT2D eigenvalue weighted by Gasteiger charge is -2.25. The number of aryl methyl sites for hydroxylation is 1. The van der Waals surface area contributed by atoms with Gasteiger partial charge in [0.15, 0.2) is 11.6 Å². The second kappa shape index (κ2) is 10.1. The van der Waals surface area contributed by atoms with Crippen LogP contribution in [-0.2, 0) is 20.1 Å².